The van der Waals surface area contributed by atoms with Crippen LogP contribution in [0.25, 0.3) is 0 Å². The van der Waals surface area contributed by atoms with Gasteiger partial charge in [-0.15, -0.1) is 0 Å². The first-order valence-electron chi connectivity index (χ1n) is 6.39. The van der Waals surface area contributed by atoms with Gasteiger partial charge in [0, 0.05) is 32.7 Å². The highest BCUT2D eigenvalue weighted by atomic mass is 16.5. The van der Waals surface area contributed by atoms with Crippen LogP contribution in [-0.4, -0.2) is 49.6 Å². The van der Waals surface area contributed by atoms with Crippen LogP contribution in [0, 0.1) is 5.92 Å². The summed E-state index contributed by atoms with van der Waals surface area (Å²) in [5.41, 5.74) is 11.1. The number of primary amides is 1. The molecule has 0 aromatic heterocycles. The Labute approximate surface area is 108 Å². The number of nitrogens with zero attached hydrogens (tertiary/aromatic N) is 1. The summed E-state index contributed by atoms with van der Waals surface area (Å²) in [6, 6.07) is -0.467. The van der Waals surface area contributed by atoms with Crippen LogP contribution in [0.15, 0.2) is 0 Å². The van der Waals surface area contributed by atoms with E-state index in [2.05, 4.69) is 0 Å². The van der Waals surface area contributed by atoms with Gasteiger partial charge in [0.2, 0.25) is 11.8 Å². The number of methoxy groups -OCH3 is 1. The molecule has 1 heterocycles. The van der Waals surface area contributed by atoms with Crippen LogP contribution in [0.5, 0.6) is 0 Å². The number of piperidine rings is 1. The number of hydrogen-bond acceptors (Lipinski definition) is 4. The van der Waals surface area contributed by atoms with E-state index in [1.807, 2.05) is 0 Å². The lowest BCUT2D eigenvalue weighted by atomic mass is 9.95. The monoisotopic (exact) mass is 257 g/mol. The van der Waals surface area contributed by atoms with E-state index in [-0.39, 0.29) is 17.7 Å². The van der Waals surface area contributed by atoms with Gasteiger partial charge in [0.25, 0.3) is 0 Å². The summed E-state index contributed by atoms with van der Waals surface area (Å²) in [4.78, 5) is 24.8. The average Bonchev–Trinajstić information content (AvgIpc) is 2.38. The van der Waals surface area contributed by atoms with Crippen molar-refractivity contribution in [1.82, 2.24) is 4.90 Å². The van der Waals surface area contributed by atoms with Gasteiger partial charge in [0.15, 0.2) is 0 Å². The number of rotatable bonds is 6. The number of hydrogen-bond donors (Lipinski definition) is 2. The van der Waals surface area contributed by atoms with Gasteiger partial charge in [-0.1, -0.05) is 0 Å². The third-order valence-electron chi connectivity index (χ3n) is 3.39. The molecule has 0 aromatic rings. The Morgan fingerprint density at radius 1 is 1.39 bits per heavy atom. The molecule has 1 rings (SSSR count). The average molecular weight is 257 g/mol. The summed E-state index contributed by atoms with van der Waals surface area (Å²) in [6.07, 6.45) is 2.70. The Bertz CT molecular complexity index is 288. The predicted octanol–water partition coefficient (Wildman–Crippen LogP) is -0.536. The summed E-state index contributed by atoms with van der Waals surface area (Å²) in [5, 5.41) is 0. The van der Waals surface area contributed by atoms with Crippen molar-refractivity contribution in [3.8, 4) is 0 Å². The Morgan fingerprint density at radius 3 is 2.50 bits per heavy atom. The topological polar surface area (TPSA) is 98.7 Å². The van der Waals surface area contributed by atoms with E-state index < -0.39 is 6.04 Å². The largest absolute Gasteiger partial charge is 0.385 e. The van der Waals surface area contributed by atoms with Crippen LogP contribution >= 0.6 is 0 Å². The summed E-state index contributed by atoms with van der Waals surface area (Å²) >= 11 is 0. The van der Waals surface area contributed by atoms with Crippen molar-refractivity contribution < 1.29 is 14.3 Å². The van der Waals surface area contributed by atoms with Crippen LogP contribution in [-0.2, 0) is 14.3 Å². The molecule has 1 saturated heterocycles. The number of amides is 2. The van der Waals surface area contributed by atoms with Crippen LogP contribution in [0.3, 0.4) is 0 Å². The third kappa shape index (κ3) is 4.27. The molecule has 2 amide bonds. The van der Waals surface area contributed by atoms with Gasteiger partial charge >= 0.3 is 0 Å². The van der Waals surface area contributed by atoms with Crippen LogP contribution in [0.1, 0.15) is 25.7 Å². The fourth-order valence-corrected chi connectivity index (χ4v) is 2.19. The van der Waals surface area contributed by atoms with Gasteiger partial charge in [0.1, 0.15) is 0 Å². The molecule has 0 spiro atoms. The predicted molar refractivity (Wildman–Crippen MR) is 67.6 cm³/mol. The quantitative estimate of drug-likeness (QED) is 0.624. The molecule has 0 bridgehead atoms. The van der Waals surface area contributed by atoms with E-state index in [9.17, 15) is 9.59 Å². The van der Waals surface area contributed by atoms with Gasteiger partial charge in [-0.2, -0.15) is 0 Å². The zero-order valence-electron chi connectivity index (χ0n) is 10.9. The molecular weight excluding hydrogens is 234 g/mol. The molecule has 6 nitrogen and oxygen atoms in total. The van der Waals surface area contributed by atoms with Crippen molar-refractivity contribution in [2.45, 2.75) is 31.7 Å². The molecule has 1 fully saturated rings. The summed E-state index contributed by atoms with van der Waals surface area (Å²) in [6.45, 7) is 1.76. The fraction of sp³-hybridized carbons (Fsp3) is 0.833. The molecule has 0 aliphatic carbocycles. The van der Waals surface area contributed by atoms with Crippen LogP contribution in [0.4, 0.5) is 0 Å². The number of nitrogens with two attached hydrogens (primary N) is 2. The zero-order chi connectivity index (χ0) is 13.5. The van der Waals surface area contributed by atoms with E-state index in [4.69, 9.17) is 16.2 Å². The molecule has 1 unspecified atom stereocenters. The smallest absolute Gasteiger partial charge is 0.239 e. The first kappa shape index (κ1) is 14.9. The van der Waals surface area contributed by atoms with Gasteiger partial charge in [-0.05, 0) is 25.7 Å². The normalized spacial score (nSPS) is 18.7. The zero-order valence-corrected chi connectivity index (χ0v) is 10.9. The van der Waals surface area contributed by atoms with E-state index in [0.717, 1.165) is 6.42 Å². The standard InChI is InChI=1S/C12H23N3O3/c1-18-8-2-3-10(13)12(17)15-6-4-9(5-7-15)11(14)16/h9-10H,2-8,13H2,1H3,(H2,14,16). The molecule has 104 valence electrons. The van der Waals surface area contributed by atoms with Crippen molar-refractivity contribution in [3.05, 3.63) is 0 Å². The molecular formula is C12H23N3O3. The van der Waals surface area contributed by atoms with Crippen LogP contribution < -0.4 is 11.5 Å². The lowest BCUT2D eigenvalue weighted by molar-refractivity contribution is -0.136. The van der Waals surface area contributed by atoms with E-state index >= 15 is 0 Å². The summed E-state index contributed by atoms with van der Waals surface area (Å²) in [7, 11) is 1.63. The second-order valence-corrected chi connectivity index (χ2v) is 4.74. The number of carbonyl (C=O) groups excluding carboxylic acids is 2. The molecule has 1 atom stereocenters. The highest BCUT2D eigenvalue weighted by Crippen LogP contribution is 2.17. The lowest BCUT2D eigenvalue weighted by Gasteiger charge is -2.32. The maximum atomic E-state index is 12.0. The minimum atomic E-state index is -0.467. The van der Waals surface area contributed by atoms with Gasteiger partial charge in [-0.3, -0.25) is 9.59 Å². The SMILES string of the molecule is COCCCC(N)C(=O)N1CCC(C(N)=O)CC1. The lowest BCUT2D eigenvalue weighted by Crippen LogP contribution is -2.48. The molecule has 1 aliphatic rings. The number of ether oxygens (including phenoxy) is 1. The van der Waals surface area contributed by atoms with Crippen molar-refractivity contribution in [3.63, 3.8) is 0 Å². The van der Waals surface area contributed by atoms with Crippen molar-refractivity contribution in [2.24, 2.45) is 17.4 Å². The molecule has 0 aromatic carbocycles. The van der Waals surface area contributed by atoms with E-state index in [1.165, 1.54) is 0 Å². The maximum Gasteiger partial charge on any atom is 0.239 e. The second-order valence-electron chi connectivity index (χ2n) is 4.74. The maximum absolute atomic E-state index is 12.0. The van der Waals surface area contributed by atoms with Crippen molar-refractivity contribution >= 4 is 11.8 Å². The molecule has 0 radical (unpaired) electrons. The van der Waals surface area contributed by atoms with E-state index in [0.29, 0.717) is 39.0 Å². The third-order valence-corrected chi connectivity index (χ3v) is 3.39. The van der Waals surface area contributed by atoms with E-state index in [1.54, 1.807) is 12.0 Å². The first-order valence-corrected chi connectivity index (χ1v) is 6.39. The Balaban J connectivity index is 2.32. The summed E-state index contributed by atoms with van der Waals surface area (Å²) < 4.78 is 4.93. The fourth-order valence-electron chi connectivity index (χ4n) is 2.19. The Hall–Kier alpha value is -1.14. The summed E-state index contributed by atoms with van der Waals surface area (Å²) in [5.74, 6) is -0.403. The second kappa shape index (κ2) is 7.33. The highest BCUT2D eigenvalue weighted by molar-refractivity contribution is 5.82. The minimum Gasteiger partial charge on any atom is -0.385 e. The molecule has 18 heavy (non-hydrogen) atoms. The Kier molecular flexibility index (Phi) is 6.07. The minimum absolute atomic E-state index is 0.0333. The van der Waals surface area contributed by atoms with Crippen LogP contribution in [0.2, 0.25) is 0 Å². The van der Waals surface area contributed by atoms with Crippen molar-refractivity contribution in [1.29, 1.82) is 0 Å². The number of likely N-dealkylation sites (tertiary alicyclic amines) is 1. The highest BCUT2D eigenvalue weighted by Gasteiger charge is 2.28. The van der Waals surface area contributed by atoms with Crippen molar-refractivity contribution in [2.75, 3.05) is 26.8 Å². The number of carbonyl (C=O) groups is 2. The van der Waals surface area contributed by atoms with Gasteiger partial charge in [-0.25, -0.2) is 0 Å². The first-order chi connectivity index (χ1) is 8.56. The van der Waals surface area contributed by atoms with Gasteiger partial charge < -0.3 is 21.1 Å². The molecule has 1 aliphatic heterocycles. The van der Waals surface area contributed by atoms with Gasteiger partial charge in [0.05, 0.1) is 6.04 Å². The molecule has 0 saturated carbocycles. The molecule has 6 heteroatoms. The molecule has 4 N–H and O–H groups in total. The Morgan fingerprint density at radius 2 is 2.00 bits per heavy atom.